The van der Waals surface area contributed by atoms with E-state index in [9.17, 15) is 0 Å². The fraction of sp³-hybridized carbons (Fsp3) is 0.333. The molecule has 0 radical (unpaired) electrons. The second kappa shape index (κ2) is 5.59. The first kappa shape index (κ1) is 15.4. The molecule has 25 heavy (non-hydrogen) atoms. The summed E-state index contributed by atoms with van der Waals surface area (Å²) in [6.07, 6.45) is 5.59. The smallest absolute Gasteiger partial charge is 0.145 e. The largest absolute Gasteiger partial charge is 0.346 e. The van der Waals surface area contributed by atoms with E-state index in [4.69, 9.17) is 23.2 Å². The summed E-state index contributed by atoms with van der Waals surface area (Å²) < 4.78 is 0. The molecule has 7 heteroatoms. The van der Waals surface area contributed by atoms with Crippen LogP contribution in [0.2, 0.25) is 10.0 Å². The zero-order valence-corrected chi connectivity index (χ0v) is 15.0. The van der Waals surface area contributed by atoms with E-state index in [2.05, 4.69) is 31.2 Å². The van der Waals surface area contributed by atoms with E-state index < -0.39 is 0 Å². The molecular formula is C18H17Cl2N5. The lowest BCUT2D eigenvalue weighted by molar-refractivity contribution is 0.329. The second-order valence-corrected chi connectivity index (χ2v) is 7.59. The van der Waals surface area contributed by atoms with Gasteiger partial charge < -0.3 is 15.2 Å². The Morgan fingerprint density at radius 3 is 2.76 bits per heavy atom. The first-order chi connectivity index (χ1) is 12.2. The Morgan fingerprint density at radius 2 is 1.92 bits per heavy atom. The summed E-state index contributed by atoms with van der Waals surface area (Å²) in [5.74, 6) is 0.918. The van der Waals surface area contributed by atoms with E-state index in [0.29, 0.717) is 10.0 Å². The number of nitrogens with one attached hydrogen (secondary N) is 2. The van der Waals surface area contributed by atoms with Crippen LogP contribution >= 0.6 is 23.2 Å². The monoisotopic (exact) mass is 373 g/mol. The SMILES string of the molecule is Clc1ccc2c(c1Cl)C1(CCNCC1)CN2c1ncnc2[nH]ccc12. The lowest BCUT2D eigenvalue weighted by Gasteiger charge is -2.35. The van der Waals surface area contributed by atoms with Gasteiger partial charge in [0, 0.05) is 29.4 Å². The van der Waals surface area contributed by atoms with Crippen LogP contribution in [0, 0.1) is 0 Å². The van der Waals surface area contributed by atoms with Crippen molar-refractivity contribution in [3.8, 4) is 0 Å². The van der Waals surface area contributed by atoms with Gasteiger partial charge in [-0.3, -0.25) is 0 Å². The molecule has 1 aromatic carbocycles. The minimum atomic E-state index is 0.0101. The molecule has 5 nitrogen and oxygen atoms in total. The number of benzene rings is 1. The molecule has 0 saturated carbocycles. The van der Waals surface area contributed by atoms with Crippen molar-refractivity contribution in [1.29, 1.82) is 0 Å². The number of nitrogens with zero attached hydrogens (tertiary/aromatic N) is 3. The summed E-state index contributed by atoms with van der Waals surface area (Å²) in [6, 6.07) is 5.97. The molecule has 0 unspecified atom stereocenters. The number of piperidine rings is 1. The number of H-pyrrole nitrogens is 1. The molecule has 128 valence electrons. The molecule has 0 amide bonds. The minimum absolute atomic E-state index is 0.0101. The van der Waals surface area contributed by atoms with Crippen molar-refractivity contribution in [2.45, 2.75) is 18.3 Å². The Morgan fingerprint density at radius 1 is 1.08 bits per heavy atom. The van der Waals surface area contributed by atoms with Crippen LogP contribution in [0.3, 0.4) is 0 Å². The number of hydrogen-bond donors (Lipinski definition) is 2. The van der Waals surface area contributed by atoms with E-state index in [0.717, 1.165) is 55.0 Å². The summed E-state index contributed by atoms with van der Waals surface area (Å²) in [6.45, 7) is 2.83. The van der Waals surface area contributed by atoms with Crippen molar-refractivity contribution in [3.05, 3.63) is 46.3 Å². The standard InChI is InChI=1S/C18H17Cl2N5/c19-12-1-2-13-14(15(12)20)18(4-7-21-8-5-18)9-25(13)17-11-3-6-22-16(11)23-10-24-17/h1-3,6,10,21H,4-5,7-9H2,(H,22,23,24). The van der Waals surface area contributed by atoms with E-state index in [1.807, 2.05) is 18.3 Å². The Hall–Kier alpha value is -1.82. The summed E-state index contributed by atoms with van der Waals surface area (Å²) in [7, 11) is 0. The number of fused-ring (bicyclic) bond motifs is 3. The molecule has 2 N–H and O–H groups in total. The zero-order chi connectivity index (χ0) is 17.0. The van der Waals surface area contributed by atoms with Gasteiger partial charge in [-0.15, -0.1) is 0 Å². The number of halogens is 2. The highest BCUT2D eigenvalue weighted by Crippen LogP contribution is 2.53. The summed E-state index contributed by atoms with van der Waals surface area (Å²) in [4.78, 5) is 14.4. The first-order valence-electron chi connectivity index (χ1n) is 8.44. The summed E-state index contributed by atoms with van der Waals surface area (Å²) in [5.41, 5.74) is 3.14. The van der Waals surface area contributed by atoms with Crippen molar-refractivity contribution < 1.29 is 0 Å². The van der Waals surface area contributed by atoms with Gasteiger partial charge in [-0.25, -0.2) is 9.97 Å². The molecule has 2 aliphatic rings. The van der Waals surface area contributed by atoms with Crippen LogP contribution in [0.25, 0.3) is 11.0 Å². The van der Waals surface area contributed by atoms with E-state index >= 15 is 0 Å². The maximum atomic E-state index is 6.69. The molecule has 0 atom stereocenters. The number of rotatable bonds is 1. The van der Waals surface area contributed by atoms with Crippen molar-refractivity contribution in [3.63, 3.8) is 0 Å². The fourth-order valence-corrected chi connectivity index (χ4v) is 4.83. The maximum absolute atomic E-state index is 6.69. The summed E-state index contributed by atoms with van der Waals surface area (Å²) >= 11 is 13.1. The van der Waals surface area contributed by atoms with Crippen LogP contribution in [-0.2, 0) is 5.41 Å². The predicted octanol–water partition coefficient (Wildman–Crippen LogP) is 4.04. The number of aromatic nitrogens is 3. The van der Waals surface area contributed by atoms with E-state index in [1.165, 1.54) is 5.56 Å². The van der Waals surface area contributed by atoms with Crippen LogP contribution in [-0.4, -0.2) is 34.6 Å². The summed E-state index contributed by atoms with van der Waals surface area (Å²) in [5, 5.41) is 5.78. The molecule has 3 aromatic rings. The topological polar surface area (TPSA) is 56.8 Å². The van der Waals surface area contributed by atoms with Gasteiger partial charge in [0.2, 0.25) is 0 Å². The average molecular weight is 374 g/mol. The van der Waals surface area contributed by atoms with Gasteiger partial charge in [-0.05, 0) is 44.1 Å². The van der Waals surface area contributed by atoms with Gasteiger partial charge in [-0.2, -0.15) is 0 Å². The predicted molar refractivity (Wildman–Crippen MR) is 101 cm³/mol. The Balaban J connectivity index is 1.74. The Bertz CT molecular complexity index is 961. The van der Waals surface area contributed by atoms with Crippen molar-refractivity contribution in [2.75, 3.05) is 24.5 Å². The van der Waals surface area contributed by atoms with E-state index in [1.54, 1.807) is 6.33 Å². The van der Waals surface area contributed by atoms with Crippen LogP contribution in [0.4, 0.5) is 11.5 Å². The lowest BCUT2D eigenvalue weighted by Crippen LogP contribution is -2.42. The first-order valence-corrected chi connectivity index (χ1v) is 9.20. The highest BCUT2D eigenvalue weighted by Gasteiger charge is 2.46. The molecular weight excluding hydrogens is 357 g/mol. The molecule has 5 rings (SSSR count). The van der Waals surface area contributed by atoms with Crippen LogP contribution in [0.5, 0.6) is 0 Å². The lowest BCUT2D eigenvalue weighted by atomic mass is 9.75. The number of anilines is 2. The third kappa shape index (κ3) is 2.19. The second-order valence-electron chi connectivity index (χ2n) is 6.81. The third-order valence-corrected chi connectivity index (χ3v) is 6.31. The maximum Gasteiger partial charge on any atom is 0.145 e. The highest BCUT2D eigenvalue weighted by atomic mass is 35.5. The van der Waals surface area contributed by atoms with Crippen molar-refractivity contribution >= 4 is 45.7 Å². The molecule has 0 bridgehead atoms. The highest BCUT2D eigenvalue weighted by molar-refractivity contribution is 6.43. The zero-order valence-electron chi connectivity index (χ0n) is 13.5. The quantitative estimate of drug-likeness (QED) is 0.675. The van der Waals surface area contributed by atoms with Gasteiger partial charge in [0.1, 0.15) is 17.8 Å². The van der Waals surface area contributed by atoms with Crippen LogP contribution in [0.1, 0.15) is 18.4 Å². The van der Waals surface area contributed by atoms with Gasteiger partial charge in [0.25, 0.3) is 0 Å². The van der Waals surface area contributed by atoms with Crippen molar-refractivity contribution in [2.24, 2.45) is 0 Å². The molecule has 0 aliphatic carbocycles. The fourth-order valence-electron chi connectivity index (χ4n) is 4.31. The van der Waals surface area contributed by atoms with Crippen LogP contribution in [0.15, 0.2) is 30.7 Å². The van der Waals surface area contributed by atoms with Gasteiger partial charge in [-0.1, -0.05) is 23.2 Å². The molecule has 2 aromatic heterocycles. The number of aromatic amines is 1. The average Bonchev–Trinajstić information content (AvgIpc) is 3.22. The molecule has 1 spiro atoms. The van der Waals surface area contributed by atoms with Gasteiger partial charge in [0.15, 0.2) is 0 Å². The molecule has 2 aliphatic heterocycles. The third-order valence-electron chi connectivity index (χ3n) is 5.50. The molecule has 4 heterocycles. The Labute approximate surface area is 155 Å². The van der Waals surface area contributed by atoms with E-state index in [-0.39, 0.29) is 5.41 Å². The van der Waals surface area contributed by atoms with Gasteiger partial charge in [0.05, 0.1) is 15.4 Å². The molecule has 1 saturated heterocycles. The Kier molecular flexibility index (Phi) is 3.45. The van der Waals surface area contributed by atoms with Crippen molar-refractivity contribution in [1.82, 2.24) is 20.3 Å². The van der Waals surface area contributed by atoms with Gasteiger partial charge >= 0.3 is 0 Å². The normalized spacial score (nSPS) is 18.9. The number of hydrogen-bond acceptors (Lipinski definition) is 4. The molecule has 1 fully saturated rings. The minimum Gasteiger partial charge on any atom is -0.346 e. The van der Waals surface area contributed by atoms with Crippen LogP contribution < -0.4 is 10.2 Å².